The fourth-order valence-electron chi connectivity index (χ4n) is 6.28. The van der Waals surface area contributed by atoms with Crippen LogP contribution in [0.2, 0.25) is 0 Å². The quantitative estimate of drug-likeness (QED) is 0.0508. The number of carbonyl (C=O) groups excluding carboxylic acids is 2. The number of carbonyl (C=O) groups is 2. The van der Waals surface area contributed by atoms with Crippen molar-refractivity contribution in [2.45, 2.75) is 211 Å². The fourth-order valence-corrected chi connectivity index (χ4v) is 6.28. The van der Waals surface area contributed by atoms with E-state index in [9.17, 15) is 35.1 Å². The molecule has 12 heteroatoms. The average molecular weight is 705 g/mol. The highest BCUT2D eigenvalue weighted by atomic mass is 16.7. The van der Waals surface area contributed by atoms with Crippen LogP contribution in [-0.2, 0) is 19.0 Å². The van der Waals surface area contributed by atoms with Crippen molar-refractivity contribution in [3.63, 3.8) is 0 Å². The van der Waals surface area contributed by atoms with E-state index in [4.69, 9.17) is 19.9 Å². The second-order valence-corrected chi connectivity index (χ2v) is 14.1. The van der Waals surface area contributed by atoms with Crippen molar-refractivity contribution < 1.29 is 49.3 Å². The minimum Gasteiger partial charge on any atom is -0.450 e. The molecule has 1 rings (SSSR count). The summed E-state index contributed by atoms with van der Waals surface area (Å²) >= 11 is 0. The molecule has 1 aliphatic rings. The van der Waals surface area contributed by atoms with Gasteiger partial charge < -0.3 is 50.8 Å². The molecule has 0 aromatic heterocycles. The van der Waals surface area contributed by atoms with Gasteiger partial charge in [-0.1, -0.05) is 96.3 Å². The van der Waals surface area contributed by atoms with Gasteiger partial charge in [0.1, 0.15) is 30.2 Å². The second-order valence-electron chi connectivity index (χ2n) is 14.1. The molecule has 290 valence electrons. The van der Waals surface area contributed by atoms with Gasteiger partial charge in [0.05, 0.1) is 31.5 Å². The molecule has 1 amide bonds. The molecule has 0 aliphatic carbocycles. The van der Waals surface area contributed by atoms with Gasteiger partial charge in [-0.15, -0.1) is 0 Å². The average Bonchev–Trinajstić information content (AvgIpc) is 3.07. The number of nitrogens with one attached hydrogen (secondary N) is 1. The Labute approximate surface area is 295 Å². The Kier molecular flexibility index (Phi) is 26.3. The molecular formula is C37H72N2O10. The highest BCUT2D eigenvalue weighted by Crippen LogP contribution is 2.25. The smallest absolute Gasteiger partial charge is 0.407 e. The predicted octanol–water partition coefficient (Wildman–Crippen LogP) is 4.78. The van der Waals surface area contributed by atoms with Crippen molar-refractivity contribution in [3.8, 4) is 0 Å². The maximum absolute atomic E-state index is 12.2. The lowest BCUT2D eigenvalue weighted by atomic mass is 9.98. The summed E-state index contributed by atoms with van der Waals surface area (Å²) in [5.41, 5.74) is 6.10. The summed E-state index contributed by atoms with van der Waals surface area (Å²) in [4.78, 5) is 23.6. The molecule has 8 N–H and O–H groups in total. The van der Waals surface area contributed by atoms with Crippen LogP contribution in [0.5, 0.6) is 0 Å². The molecule has 0 radical (unpaired) electrons. The van der Waals surface area contributed by atoms with Crippen LogP contribution in [0.4, 0.5) is 4.79 Å². The first kappa shape index (κ1) is 45.6. The summed E-state index contributed by atoms with van der Waals surface area (Å²) in [5, 5.41) is 52.4. The zero-order valence-corrected chi connectivity index (χ0v) is 30.8. The van der Waals surface area contributed by atoms with E-state index >= 15 is 0 Å². The molecule has 12 nitrogen and oxygen atoms in total. The van der Waals surface area contributed by atoms with Gasteiger partial charge in [0, 0.05) is 18.9 Å². The van der Waals surface area contributed by atoms with Crippen LogP contribution >= 0.6 is 0 Å². The monoisotopic (exact) mass is 705 g/mol. The maximum atomic E-state index is 12.2. The van der Waals surface area contributed by atoms with Gasteiger partial charge in [0.2, 0.25) is 0 Å². The van der Waals surface area contributed by atoms with Gasteiger partial charge in [0.15, 0.2) is 6.29 Å². The number of aliphatic hydroxyl groups excluding tert-OH is 5. The number of Topliss-reactive ketones (excluding diaryl/α,β-unsaturated/α-hetero) is 1. The number of rotatable bonds is 30. The Hall–Kier alpha value is -1.38. The second kappa shape index (κ2) is 28.2. The molecule has 1 heterocycles. The van der Waals surface area contributed by atoms with Crippen molar-refractivity contribution >= 4 is 11.9 Å². The topological polar surface area (TPSA) is 201 Å². The molecule has 9 unspecified atom stereocenters. The van der Waals surface area contributed by atoms with Crippen LogP contribution in [0.25, 0.3) is 0 Å². The summed E-state index contributed by atoms with van der Waals surface area (Å²) in [6.45, 7) is 5.17. The molecule has 9 atom stereocenters. The zero-order valence-electron chi connectivity index (χ0n) is 30.8. The van der Waals surface area contributed by atoms with E-state index in [2.05, 4.69) is 5.32 Å². The molecule has 0 bridgehead atoms. The van der Waals surface area contributed by atoms with Crippen LogP contribution in [-0.4, -0.2) is 106 Å². The number of alkyl carbamates (subject to hydrolysis) is 1. The van der Waals surface area contributed by atoms with Gasteiger partial charge in [-0.2, -0.15) is 0 Å². The summed E-state index contributed by atoms with van der Waals surface area (Å²) in [6, 6.07) is -0.633. The lowest BCUT2D eigenvalue weighted by molar-refractivity contribution is -0.312. The Balaban J connectivity index is 1.93. The first-order chi connectivity index (χ1) is 23.5. The standard InChI is InChI=1S/C37H72N2O10/c1-4-47-37(46)39-28(3)30(42)24-20-16-13-15-19-23-29(41)22-18-14-11-9-7-5-6-8-10-12-17-21-25-31(27(2)38)48-36-35(45)34(44)33(43)32(26-40)49-36/h27-28,30-36,40,42-45H,4-26,38H2,1-3H3,(H,39,46). The van der Waals surface area contributed by atoms with Crippen LogP contribution < -0.4 is 11.1 Å². The lowest BCUT2D eigenvalue weighted by Crippen LogP contribution is -2.60. The van der Waals surface area contributed by atoms with Crippen LogP contribution in [0.15, 0.2) is 0 Å². The fraction of sp³-hybridized carbons (Fsp3) is 0.946. The number of ketones is 1. The molecule has 1 fully saturated rings. The number of nitrogens with two attached hydrogens (primary N) is 1. The van der Waals surface area contributed by atoms with Crippen molar-refractivity contribution in [1.29, 1.82) is 0 Å². The minimum atomic E-state index is -1.46. The van der Waals surface area contributed by atoms with Gasteiger partial charge in [0.25, 0.3) is 0 Å². The summed E-state index contributed by atoms with van der Waals surface area (Å²) < 4.78 is 16.2. The number of unbranched alkanes of at least 4 members (excludes halogenated alkanes) is 15. The molecule has 0 aromatic carbocycles. The SMILES string of the molecule is CCOC(=O)NC(C)C(O)CCCCCCCC(=O)CCCCCCCCCCCCCCC(OC1OC(CO)C(O)C(O)C1O)C(C)N. The molecule has 0 spiro atoms. The number of hydrogen-bond donors (Lipinski definition) is 7. The maximum Gasteiger partial charge on any atom is 0.407 e. The Morgan fingerprint density at radius 1 is 0.735 bits per heavy atom. The molecule has 0 saturated carbocycles. The Morgan fingerprint density at radius 2 is 1.20 bits per heavy atom. The third-order valence-corrected chi connectivity index (χ3v) is 9.59. The van der Waals surface area contributed by atoms with E-state index in [0.29, 0.717) is 38.1 Å². The van der Waals surface area contributed by atoms with Crippen molar-refractivity contribution in [3.05, 3.63) is 0 Å². The zero-order chi connectivity index (χ0) is 36.4. The van der Waals surface area contributed by atoms with Crippen LogP contribution in [0.3, 0.4) is 0 Å². The normalized spacial score (nSPS) is 23.5. The molecule has 0 aromatic rings. The lowest BCUT2D eigenvalue weighted by Gasteiger charge is -2.41. The number of amides is 1. The van der Waals surface area contributed by atoms with Gasteiger partial charge >= 0.3 is 6.09 Å². The van der Waals surface area contributed by atoms with E-state index in [0.717, 1.165) is 64.2 Å². The van der Waals surface area contributed by atoms with Gasteiger partial charge in [-0.3, -0.25) is 4.79 Å². The number of aliphatic hydroxyl groups is 5. The highest BCUT2D eigenvalue weighted by molar-refractivity contribution is 5.78. The number of hydrogen-bond acceptors (Lipinski definition) is 11. The van der Waals surface area contributed by atoms with Crippen molar-refractivity contribution in [2.75, 3.05) is 13.2 Å². The van der Waals surface area contributed by atoms with Crippen molar-refractivity contribution in [1.82, 2.24) is 5.32 Å². The van der Waals surface area contributed by atoms with Crippen molar-refractivity contribution in [2.24, 2.45) is 5.73 Å². The van der Waals surface area contributed by atoms with E-state index < -0.39 is 49.5 Å². The van der Waals surface area contributed by atoms with Gasteiger partial charge in [-0.05, 0) is 46.5 Å². The minimum absolute atomic E-state index is 0.299. The van der Waals surface area contributed by atoms with E-state index in [1.165, 1.54) is 44.9 Å². The Morgan fingerprint density at radius 3 is 1.67 bits per heavy atom. The van der Waals surface area contributed by atoms with Gasteiger partial charge in [-0.25, -0.2) is 4.79 Å². The summed E-state index contributed by atoms with van der Waals surface area (Å²) in [5.74, 6) is 0.378. The Bertz CT molecular complexity index is 833. The molecule has 1 saturated heterocycles. The first-order valence-corrected chi connectivity index (χ1v) is 19.4. The largest absolute Gasteiger partial charge is 0.450 e. The van der Waals surface area contributed by atoms with E-state index in [-0.39, 0.29) is 18.2 Å². The molecule has 1 aliphatic heterocycles. The highest BCUT2D eigenvalue weighted by Gasteiger charge is 2.45. The number of ether oxygens (including phenoxy) is 3. The third-order valence-electron chi connectivity index (χ3n) is 9.59. The third kappa shape index (κ3) is 20.9. The molecule has 49 heavy (non-hydrogen) atoms. The summed E-state index contributed by atoms with van der Waals surface area (Å²) in [6.07, 6.45) is 13.6. The summed E-state index contributed by atoms with van der Waals surface area (Å²) in [7, 11) is 0. The van der Waals surface area contributed by atoms with E-state index in [1.54, 1.807) is 13.8 Å². The van der Waals surface area contributed by atoms with Crippen LogP contribution in [0, 0.1) is 0 Å². The van der Waals surface area contributed by atoms with E-state index in [1.807, 2.05) is 6.92 Å². The first-order valence-electron chi connectivity index (χ1n) is 19.4. The predicted molar refractivity (Wildman–Crippen MR) is 190 cm³/mol. The molecular weight excluding hydrogens is 632 g/mol. The van der Waals surface area contributed by atoms with Crippen LogP contribution in [0.1, 0.15) is 156 Å².